The van der Waals surface area contributed by atoms with Crippen molar-refractivity contribution in [1.29, 1.82) is 0 Å². The molecule has 0 amide bonds. The summed E-state index contributed by atoms with van der Waals surface area (Å²) >= 11 is 0. The van der Waals surface area contributed by atoms with E-state index < -0.39 is 12.0 Å². The SMILES string of the molecule is Cn1nccc1Nc1nccc(-c2ccc3c(c2)nnn3[C@H]2CNCC(F)(F)C2)n1. The highest BCUT2D eigenvalue weighted by atomic mass is 19.3. The van der Waals surface area contributed by atoms with Crippen molar-refractivity contribution in [3.05, 3.63) is 42.7 Å². The number of nitrogens with one attached hydrogen (secondary N) is 2. The highest BCUT2D eigenvalue weighted by molar-refractivity contribution is 5.80. The first kappa shape index (κ1) is 18.6. The van der Waals surface area contributed by atoms with Crippen LogP contribution in [0.15, 0.2) is 42.7 Å². The van der Waals surface area contributed by atoms with Gasteiger partial charge in [-0.3, -0.25) is 4.68 Å². The van der Waals surface area contributed by atoms with Gasteiger partial charge in [0, 0.05) is 37.8 Å². The summed E-state index contributed by atoms with van der Waals surface area (Å²) in [6.07, 6.45) is 3.09. The number of aryl methyl sites for hydroxylation is 1. The van der Waals surface area contributed by atoms with Crippen LogP contribution in [0, 0.1) is 0 Å². The van der Waals surface area contributed by atoms with Crippen LogP contribution in [-0.2, 0) is 7.05 Å². The van der Waals surface area contributed by atoms with E-state index in [0.717, 1.165) is 11.4 Å². The van der Waals surface area contributed by atoms with Crippen LogP contribution in [0.4, 0.5) is 20.5 Å². The molecule has 2 N–H and O–H groups in total. The largest absolute Gasteiger partial charge is 0.309 e. The molecule has 0 aliphatic carbocycles. The monoisotopic (exact) mass is 411 g/mol. The van der Waals surface area contributed by atoms with Gasteiger partial charge in [-0.15, -0.1) is 5.10 Å². The average Bonchev–Trinajstić information content (AvgIpc) is 3.33. The van der Waals surface area contributed by atoms with E-state index in [4.69, 9.17) is 0 Å². The maximum absolute atomic E-state index is 13.8. The molecule has 3 aromatic heterocycles. The third-order valence-corrected chi connectivity index (χ3v) is 5.13. The van der Waals surface area contributed by atoms with Crippen LogP contribution in [0.3, 0.4) is 0 Å². The molecule has 1 aliphatic heterocycles. The van der Waals surface area contributed by atoms with E-state index in [1.807, 2.05) is 31.3 Å². The van der Waals surface area contributed by atoms with Crippen LogP contribution >= 0.6 is 0 Å². The highest BCUT2D eigenvalue weighted by Gasteiger charge is 2.37. The molecule has 1 atom stereocenters. The van der Waals surface area contributed by atoms with Crippen molar-refractivity contribution in [3.63, 3.8) is 0 Å². The van der Waals surface area contributed by atoms with Gasteiger partial charge in [0.2, 0.25) is 5.95 Å². The molecule has 9 nitrogen and oxygen atoms in total. The molecule has 4 aromatic rings. The van der Waals surface area contributed by atoms with Crippen molar-refractivity contribution in [2.75, 3.05) is 18.4 Å². The smallest absolute Gasteiger partial charge is 0.262 e. The zero-order valence-electron chi connectivity index (χ0n) is 16.1. The summed E-state index contributed by atoms with van der Waals surface area (Å²) in [7, 11) is 1.82. The van der Waals surface area contributed by atoms with E-state index in [1.165, 1.54) is 0 Å². The van der Waals surface area contributed by atoms with E-state index in [2.05, 4.69) is 36.0 Å². The minimum atomic E-state index is -2.75. The lowest BCUT2D eigenvalue weighted by atomic mass is 10.0. The van der Waals surface area contributed by atoms with Crippen LogP contribution < -0.4 is 10.6 Å². The second-order valence-corrected chi connectivity index (χ2v) is 7.31. The maximum atomic E-state index is 13.8. The fourth-order valence-corrected chi connectivity index (χ4v) is 3.65. The van der Waals surface area contributed by atoms with Crippen molar-refractivity contribution in [1.82, 2.24) is 40.1 Å². The van der Waals surface area contributed by atoms with Crippen LogP contribution in [0.5, 0.6) is 0 Å². The molecule has 0 radical (unpaired) electrons. The summed E-state index contributed by atoms with van der Waals surface area (Å²) in [5, 5.41) is 18.3. The third-order valence-electron chi connectivity index (χ3n) is 5.13. The molecule has 4 heterocycles. The number of halogens is 2. The second-order valence-electron chi connectivity index (χ2n) is 7.31. The lowest BCUT2D eigenvalue weighted by molar-refractivity contribution is -0.0377. The number of hydrogen-bond donors (Lipinski definition) is 2. The summed E-state index contributed by atoms with van der Waals surface area (Å²) in [5.74, 6) is -1.54. The van der Waals surface area contributed by atoms with E-state index in [0.29, 0.717) is 29.2 Å². The highest BCUT2D eigenvalue weighted by Crippen LogP contribution is 2.31. The number of alkyl halides is 2. The van der Waals surface area contributed by atoms with Crippen molar-refractivity contribution < 1.29 is 8.78 Å². The number of piperidine rings is 1. The fraction of sp³-hybridized carbons (Fsp3) is 0.316. The Morgan fingerprint density at radius 3 is 2.90 bits per heavy atom. The van der Waals surface area contributed by atoms with E-state index >= 15 is 0 Å². The van der Waals surface area contributed by atoms with Gasteiger partial charge in [0.05, 0.1) is 30.0 Å². The van der Waals surface area contributed by atoms with Crippen molar-refractivity contribution in [3.8, 4) is 11.3 Å². The summed E-state index contributed by atoms with van der Waals surface area (Å²) in [4.78, 5) is 8.80. The van der Waals surface area contributed by atoms with Gasteiger partial charge in [0.15, 0.2) is 0 Å². The van der Waals surface area contributed by atoms with Gasteiger partial charge in [-0.1, -0.05) is 11.3 Å². The molecule has 1 fully saturated rings. The van der Waals surface area contributed by atoms with Gasteiger partial charge in [-0.25, -0.2) is 23.4 Å². The average molecular weight is 411 g/mol. The Bertz CT molecular complexity index is 1200. The minimum absolute atomic E-state index is 0.255. The van der Waals surface area contributed by atoms with Crippen molar-refractivity contribution in [2.24, 2.45) is 7.05 Å². The minimum Gasteiger partial charge on any atom is -0.309 e. The molecule has 1 saturated heterocycles. The molecule has 5 rings (SSSR count). The molecule has 0 saturated carbocycles. The molecule has 11 heteroatoms. The Morgan fingerprint density at radius 1 is 1.20 bits per heavy atom. The molecule has 1 aliphatic rings. The first-order chi connectivity index (χ1) is 14.5. The number of benzene rings is 1. The third kappa shape index (κ3) is 3.47. The van der Waals surface area contributed by atoms with Gasteiger partial charge < -0.3 is 10.6 Å². The Kier molecular flexibility index (Phi) is 4.39. The van der Waals surface area contributed by atoms with Crippen molar-refractivity contribution >= 4 is 22.8 Å². The van der Waals surface area contributed by atoms with E-state index in [9.17, 15) is 8.78 Å². The van der Waals surface area contributed by atoms with E-state index in [1.54, 1.807) is 27.8 Å². The maximum Gasteiger partial charge on any atom is 0.262 e. The molecule has 0 spiro atoms. The number of anilines is 2. The number of hydrogen-bond acceptors (Lipinski definition) is 7. The van der Waals surface area contributed by atoms with E-state index in [-0.39, 0.29) is 13.0 Å². The van der Waals surface area contributed by atoms with Gasteiger partial charge >= 0.3 is 0 Å². The fourth-order valence-electron chi connectivity index (χ4n) is 3.65. The number of rotatable bonds is 4. The molecule has 30 heavy (non-hydrogen) atoms. The van der Waals surface area contributed by atoms with Crippen LogP contribution in [-0.4, -0.2) is 53.8 Å². The van der Waals surface area contributed by atoms with Crippen LogP contribution in [0.1, 0.15) is 12.5 Å². The molecule has 0 bridgehead atoms. The van der Waals surface area contributed by atoms with Crippen LogP contribution in [0.2, 0.25) is 0 Å². The lowest BCUT2D eigenvalue weighted by Crippen LogP contribution is -2.44. The molecule has 0 unspecified atom stereocenters. The Hall–Kier alpha value is -3.47. The zero-order valence-corrected chi connectivity index (χ0v) is 16.1. The van der Waals surface area contributed by atoms with Gasteiger partial charge in [-0.2, -0.15) is 5.10 Å². The summed E-state index contributed by atoms with van der Waals surface area (Å²) in [6, 6.07) is 8.75. The standard InChI is InChI=1S/C19H19F2N9/c1-29-17(5-7-24-29)26-18-23-6-4-14(25-18)12-2-3-16-15(8-12)27-28-30(16)13-9-19(20,21)11-22-10-13/h2-8,13,22H,9-11H2,1H3,(H,23,25,26)/t13-/m1/s1. The number of aromatic nitrogens is 7. The topological polar surface area (TPSA) is 98.4 Å². The second kappa shape index (κ2) is 7.10. The molecular weight excluding hydrogens is 392 g/mol. The molecular formula is C19H19F2N9. The van der Waals surface area contributed by atoms with Gasteiger partial charge in [0.1, 0.15) is 11.3 Å². The lowest BCUT2D eigenvalue weighted by Gasteiger charge is -2.29. The Balaban J connectivity index is 1.43. The normalized spacial score (nSPS) is 18.6. The molecule has 1 aromatic carbocycles. The summed E-state index contributed by atoms with van der Waals surface area (Å²) in [6.45, 7) is 0.133. The first-order valence-electron chi connectivity index (χ1n) is 9.50. The number of fused-ring (bicyclic) bond motifs is 1. The van der Waals surface area contributed by atoms with Gasteiger partial charge in [-0.05, 0) is 18.2 Å². The zero-order chi connectivity index (χ0) is 20.7. The molecule has 154 valence electrons. The van der Waals surface area contributed by atoms with Crippen LogP contribution in [0.25, 0.3) is 22.3 Å². The predicted octanol–water partition coefficient (Wildman–Crippen LogP) is 2.54. The quantitative estimate of drug-likeness (QED) is 0.532. The Morgan fingerprint density at radius 2 is 2.10 bits per heavy atom. The first-order valence-corrected chi connectivity index (χ1v) is 9.50. The number of nitrogens with zero attached hydrogens (tertiary/aromatic N) is 7. The summed E-state index contributed by atoms with van der Waals surface area (Å²) < 4.78 is 30.8. The predicted molar refractivity (Wildman–Crippen MR) is 107 cm³/mol. The summed E-state index contributed by atoms with van der Waals surface area (Å²) in [5.41, 5.74) is 2.88. The Labute approximate surface area is 170 Å². The van der Waals surface area contributed by atoms with Crippen molar-refractivity contribution in [2.45, 2.75) is 18.4 Å². The van der Waals surface area contributed by atoms with Gasteiger partial charge in [0.25, 0.3) is 5.92 Å².